The minimum absolute atomic E-state index is 0.252. The van der Waals surface area contributed by atoms with Crippen LogP contribution in [0.2, 0.25) is 0 Å². The minimum atomic E-state index is -0.500. The number of carbonyl (C=O) groups excluding carboxylic acids is 1. The van der Waals surface area contributed by atoms with Crippen molar-refractivity contribution in [3.63, 3.8) is 0 Å². The molecule has 1 amide bonds. The fraction of sp³-hybridized carbons (Fsp3) is 0.633. The standard InChI is InChI=1S/C30H44N6O4/c1-30(2,3)40-29(37)36-15-13-35(14-16-36)27-25-10-12-34(22-24-8-5-4-6-9-24)23-26(25)31-28(32-27)39-19-7-11-33-17-20-38-21-18-33/h4-6,8-9H,7,10-23H2,1-3H3. The third-order valence-electron chi connectivity index (χ3n) is 7.54. The molecular weight excluding hydrogens is 508 g/mol. The molecular formula is C30H44N6O4. The van der Waals surface area contributed by atoms with Crippen molar-refractivity contribution in [2.75, 3.05) is 77.1 Å². The van der Waals surface area contributed by atoms with Crippen LogP contribution in [0.5, 0.6) is 6.01 Å². The highest BCUT2D eigenvalue weighted by Crippen LogP contribution is 2.30. The van der Waals surface area contributed by atoms with E-state index in [4.69, 9.17) is 24.2 Å². The largest absolute Gasteiger partial charge is 0.463 e. The number of hydrogen-bond donors (Lipinski definition) is 0. The Morgan fingerprint density at radius 1 is 0.950 bits per heavy atom. The van der Waals surface area contributed by atoms with Crippen molar-refractivity contribution in [1.29, 1.82) is 0 Å². The van der Waals surface area contributed by atoms with Crippen molar-refractivity contribution in [2.45, 2.75) is 52.3 Å². The normalized spacial score (nSPS) is 18.9. The number of morpholine rings is 1. The molecule has 3 aliphatic rings. The van der Waals surface area contributed by atoms with Crippen molar-refractivity contribution in [2.24, 2.45) is 0 Å². The number of rotatable bonds is 8. The Labute approximate surface area is 238 Å². The predicted octanol–water partition coefficient (Wildman–Crippen LogP) is 3.19. The molecule has 2 saturated heterocycles. The molecule has 1 aromatic carbocycles. The van der Waals surface area contributed by atoms with Crippen molar-refractivity contribution in [3.8, 4) is 6.01 Å². The number of piperazine rings is 1. The van der Waals surface area contributed by atoms with Crippen molar-refractivity contribution >= 4 is 11.9 Å². The molecule has 0 bridgehead atoms. The summed E-state index contributed by atoms with van der Waals surface area (Å²) >= 11 is 0. The van der Waals surface area contributed by atoms with Gasteiger partial charge >= 0.3 is 12.1 Å². The highest BCUT2D eigenvalue weighted by atomic mass is 16.6. The van der Waals surface area contributed by atoms with Crippen LogP contribution >= 0.6 is 0 Å². The molecule has 10 nitrogen and oxygen atoms in total. The summed E-state index contributed by atoms with van der Waals surface area (Å²) in [5.41, 5.74) is 3.05. The molecule has 10 heteroatoms. The molecule has 3 aliphatic heterocycles. The van der Waals surface area contributed by atoms with Gasteiger partial charge in [0.25, 0.3) is 0 Å². The maximum absolute atomic E-state index is 12.6. The van der Waals surface area contributed by atoms with Gasteiger partial charge in [0, 0.05) is 71.0 Å². The fourth-order valence-electron chi connectivity index (χ4n) is 5.45. The summed E-state index contributed by atoms with van der Waals surface area (Å²) in [6.07, 6.45) is 1.56. The topological polar surface area (TPSA) is 83.5 Å². The Morgan fingerprint density at radius 2 is 1.70 bits per heavy atom. The first-order valence-corrected chi connectivity index (χ1v) is 14.7. The number of anilines is 1. The van der Waals surface area contributed by atoms with Gasteiger partial charge in [0.05, 0.1) is 25.5 Å². The maximum atomic E-state index is 12.6. The second kappa shape index (κ2) is 13.1. The summed E-state index contributed by atoms with van der Waals surface area (Å²) in [4.78, 5) is 31.4. The van der Waals surface area contributed by atoms with E-state index in [9.17, 15) is 4.79 Å². The SMILES string of the molecule is CC(C)(C)OC(=O)N1CCN(c2nc(OCCCN3CCOCC3)nc3c2CCN(Cc2ccccc2)C3)CC1. The number of hydrogen-bond acceptors (Lipinski definition) is 9. The van der Waals surface area contributed by atoms with E-state index in [-0.39, 0.29) is 6.09 Å². The second-order valence-corrected chi connectivity index (χ2v) is 11.8. The molecule has 0 saturated carbocycles. The van der Waals surface area contributed by atoms with Crippen LogP contribution in [0.15, 0.2) is 30.3 Å². The van der Waals surface area contributed by atoms with Crippen LogP contribution in [-0.4, -0.2) is 109 Å². The molecule has 4 heterocycles. The molecule has 1 aromatic heterocycles. The Hall–Kier alpha value is -2.95. The molecule has 5 rings (SSSR count). The number of carbonyl (C=O) groups is 1. The van der Waals surface area contributed by atoms with E-state index in [1.807, 2.05) is 20.8 Å². The van der Waals surface area contributed by atoms with Gasteiger partial charge in [-0.3, -0.25) is 9.80 Å². The Morgan fingerprint density at radius 3 is 2.42 bits per heavy atom. The van der Waals surface area contributed by atoms with Crippen molar-refractivity contribution in [3.05, 3.63) is 47.2 Å². The fourth-order valence-corrected chi connectivity index (χ4v) is 5.45. The molecule has 0 atom stereocenters. The molecule has 0 N–H and O–H groups in total. The average Bonchev–Trinajstić information content (AvgIpc) is 2.95. The number of benzene rings is 1. The molecule has 2 fully saturated rings. The van der Waals surface area contributed by atoms with Gasteiger partial charge in [-0.1, -0.05) is 30.3 Å². The van der Waals surface area contributed by atoms with Gasteiger partial charge in [-0.05, 0) is 39.2 Å². The van der Waals surface area contributed by atoms with E-state index >= 15 is 0 Å². The van der Waals surface area contributed by atoms with E-state index in [0.717, 1.165) is 76.8 Å². The van der Waals surface area contributed by atoms with Crippen LogP contribution < -0.4 is 9.64 Å². The molecule has 40 heavy (non-hydrogen) atoms. The van der Waals surface area contributed by atoms with E-state index < -0.39 is 5.60 Å². The average molecular weight is 553 g/mol. The number of amides is 1. The smallest absolute Gasteiger partial charge is 0.410 e. The predicted molar refractivity (Wildman–Crippen MR) is 154 cm³/mol. The van der Waals surface area contributed by atoms with E-state index in [1.54, 1.807) is 4.90 Å². The van der Waals surface area contributed by atoms with Gasteiger partial charge in [0.2, 0.25) is 0 Å². The lowest BCUT2D eigenvalue weighted by atomic mass is 10.0. The minimum Gasteiger partial charge on any atom is -0.463 e. The number of fused-ring (bicyclic) bond motifs is 1. The number of aromatic nitrogens is 2. The number of nitrogens with zero attached hydrogens (tertiary/aromatic N) is 6. The first-order valence-electron chi connectivity index (χ1n) is 14.7. The summed E-state index contributed by atoms with van der Waals surface area (Å²) < 4.78 is 17.2. The first-order chi connectivity index (χ1) is 19.3. The third-order valence-corrected chi connectivity index (χ3v) is 7.54. The summed E-state index contributed by atoms with van der Waals surface area (Å²) in [7, 11) is 0. The molecule has 0 unspecified atom stereocenters. The van der Waals surface area contributed by atoms with E-state index in [1.165, 1.54) is 11.1 Å². The van der Waals surface area contributed by atoms with Gasteiger partial charge in [0.15, 0.2) is 0 Å². The van der Waals surface area contributed by atoms with E-state index in [2.05, 4.69) is 45.0 Å². The van der Waals surface area contributed by atoms with E-state index in [0.29, 0.717) is 38.8 Å². The lowest BCUT2D eigenvalue weighted by Gasteiger charge is -2.38. The van der Waals surface area contributed by atoms with Crippen LogP contribution in [0.25, 0.3) is 0 Å². The molecule has 0 radical (unpaired) electrons. The highest BCUT2D eigenvalue weighted by molar-refractivity contribution is 5.68. The van der Waals surface area contributed by atoms with Crippen LogP contribution in [0.1, 0.15) is 44.0 Å². The van der Waals surface area contributed by atoms with Crippen LogP contribution in [0.4, 0.5) is 10.6 Å². The second-order valence-electron chi connectivity index (χ2n) is 11.8. The monoisotopic (exact) mass is 552 g/mol. The summed E-state index contributed by atoms with van der Waals surface area (Å²) in [5, 5.41) is 0. The van der Waals surface area contributed by atoms with Crippen LogP contribution in [0, 0.1) is 0 Å². The Kier molecular flexibility index (Phi) is 9.39. The zero-order valence-corrected chi connectivity index (χ0v) is 24.3. The Balaban J connectivity index is 1.27. The maximum Gasteiger partial charge on any atom is 0.410 e. The lowest BCUT2D eigenvalue weighted by molar-refractivity contribution is 0.0240. The lowest BCUT2D eigenvalue weighted by Crippen LogP contribution is -2.50. The number of ether oxygens (including phenoxy) is 3. The molecule has 0 aliphatic carbocycles. The summed E-state index contributed by atoms with van der Waals surface area (Å²) in [5.74, 6) is 0.955. The van der Waals surface area contributed by atoms with Crippen LogP contribution in [0.3, 0.4) is 0 Å². The Bertz CT molecular complexity index is 1110. The van der Waals surface area contributed by atoms with Gasteiger partial charge in [-0.25, -0.2) is 4.79 Å². The highest BCUT2D eigenvalue weighted by Gasteiger charge is 2.30. The first kappa shape index (κ1) is 28.6. The zero-order chi connectivity index (χ0) is 28.0. The zero-order valence-electron chi connectivity index (χ0n) is 24.3. The van der Waals surface area contributed by atoms with Gasteiger partial charge in [-0.15, -0.1) is 0 Å². The quantitative estimate of drug-likeness (QED) is 0.459. The molecule has 0 spiro atoms. The van der Waals surface area contributed by atoms with Gasteiger partial charge in [-0.2, -0.15) is 9.97 Å². The van der Waals surface area contributed by atoms with Crippen molar-refractivity contribution in [1.82, 2.24) is 24.7 Å². The molecule has 218 valence electrons. The van der Waals surface area contributed by atoms with Gasteiger partial charge < -0.3 is 24.0 Å². The van der Waals surface area contributed by atoms with Crippen LogP contribution in [-0.2, 0) is 29.0 Å². The van der Waals surface area contributed by atoms with Gasteiger partial charge in [0.1, 0.15) is 11.4 Å². The summed E-state index contributed by atoms with van der Waals surface area (Å²) in [6.45, 7) is 16.0. The third kappa shape index (κ3) is 7.83. The molecule has 2 aromatic rings. The summed E-state index contributed by atoms with van der Waals surface area (Å²) in [6, 6.07) is 11.0. The van der Waals surface area contributed by atoms with Crippen molar-refractivity contribution < 1.29 is 19.0 Å².